The van der Waals surface area contributed by atoms with E-state index in [4.69, 9.17) is 4.42 Å². The molecule has 9 heteroatoms. The van der Waals surface area contributed by atoms with Crippen molar-refractivity contribution in [2.75, 3.05) is 26.2 Å². The molecule has 0 radical (unpaired) electrons. The van der Waals surface area contributed by atoms with Crippen LogP contribution < -0.4 is 0 Å². The molecule has 1 N–H and O–H groups in total. The molecule has 2 aromatic rings. The smallest absolute Gasteiger partial charge is 0.340 e. The summed E-state index contributed by atoms with van der Waals surface area (Å²) in [5.41, 5.74) is 0.207. The number of piperazine rings is 1. The molecule has 1 aliphatic rings. The van der Waals surface area contributed by atoms with E-state index in [-0.39, 0.29) is 54.1 Å². The Kier molecular flexibility index (Phi) is 5.07. The van der Waals surface area contributed by atoms with E-state index in [9.17, 15) is 23.1 Å². The Hall–Kier alpha value is -2.65. The molecule has 144 valence electrons. The SMILES string of the molecule is Cc1oc(C)c(S(=O)(=O)N2CCN(C(=O)c3ccccc3)CC2)c1C(=O)O. The highest BCUT2D eigenvalue weighted by atomic mass is 32.2. The number of hydrogen-bond acceptors (Lipinski definition) is 5. The van der Waals surface area contributed by atoms with Crippen LogP contribution in [-0.4, -0.2) is 60.8 Å². The van der Waals surface area contributed by atoms with E-state index in [1.54, 1.807) is 29.2 Å². The number of rotatable bonds is 4. The number of carboxylic acid groups (broad SMARTS) is 1. The van der Waals surface area contributed by atoms with Crippen LogP contribution in [0.5, 0.6) is 0 Å². The number of nitrogens with zero attached hydrogens (tertiary/aromatic N) is 2. The fraction of sp³-hybridized carbons (Fsp3) is 0.333. The molecule has 0 saturated carbocycles. The van der Waals surface area contributed by atoms with Gasteiger partial charge in [-0.25, -0.2) is 13.2 Å². The molecule has 3 rings (SSSR count). The number of aryl methyl sites for hydroxylation is 2. The highest BCUT2D eigenvalue weighted by Crippen LogP contribution is 2.30. The maximum atomic E-state index is 13.0. The molecule has 1 amide bonds. The number of sulfonamides is 1. The Balaban J connectivity index is 1.80. The van der Waals surface area contributed by atoms with Gasteiger partial charge in [-0.1, -0.05) is 18.2 Å². The molecular weight excluding hydrogens is 372 g/mol. The molecule has 0 unspecified atom stereocenters. The number of carboxylic acids is 1. The van der Waals surface area contributed by atoms with Crippen molar-refractivity contribution in [3.05, 3.63) is 53.0 Å². The average molecular weight is 392 g/mol. The van der Waals surface area contributed by atoms with Crippen LogP contribution in [0.3, 0.4) is 0 Å². The lowest BCUT2D eigenvalue weighted by Gasteiger charge is -2.34. The highest BCUT2D eigenvalue weighted by molar-refractivity contribution is 7.89. The molecular formula is C18H20N2O6S. The van der Waals surface area contributed by atoms with Crippen LogP contribution in [0, 0.1) is 13.8 Å². The lowest BCUT2D eigenvalue weighted by atomic mass is 10.2. The Morgan fingerprint density at radius 3 is 2.15 bits per heavy atom. The first-order chi connectivity index (χ1) is 12.7. The van der Waals surface area contributed by atoms with Crippen molar-refractivity contribution in [2.24, 2.45) is 0 Å². The van der Waals surface area contributed by atoms with Crippen molar-refractivity contribution in [2.45, 2.75) is 18.7 Å². The number of hydrogen-bond donors (Lipinski definition) is 1. The van der Waals surface area contributed by atoms with E-state index in [0.29, 0.717) is 5.56 Å². The summed E-state index contributed by atoms with van der Waals surface area (Å²) in [5.74, 6) is -1.40. The minimum absolute atomic E-state index is 0.0488. The molecule has 0 atom stereocenters. The Morgan fingerprint density at radius 2 is 1.59 bits per heavy atom. The zero-order valence-corrected chi connectivity index (χ0v) is 15.8. The molecule has 1 aromatic heterocycles. The number of carbonyl (C=O) groups excluding carboxylic acids is 1. The van der Waals surface area contributed by atoms with Gasteiger partial charge in [0.1, 0.15) is 22.0 Å². The van der Waals surface area contributed by atoms with Gasteiger partial charge in [-0.2, -0.15) is 4.31 Å². The molecule has 0 aliphatic carbocycles. The molecule has 1 aliphatic heterocycles. The predicted octanol–water partition coefficient (Wildman–Crippen LogP) is 1.74. The normalized spacial score (nSPS) is 15.7. The fourth-order valence-corrected chi connectivity index (χ4v) is 5.04. The highest BCUT2D eigenvalue weighted by Gasteiger charge is 2.37. The van der Waals surface area contributed by atoms with E-state index in [1.807, 2.05) is 6.07 Å². The average Bonchev–Trinajstić information content (AvgIpc) is 2.97. The van der Waals surface area contributed by atoms with Gasteiger partial charge in [0, 0.05) is 31.7 Å². The molecule has 1 aromatic carbocycles. The van der Waals surface area contributed by atoms with Crippen LogP contribution in [0.2, 0.25) is 0 Å². The summed E-state index contributed by atoms with van der Waals surface area (Å²) in [5, 5.41) is 9.37. The van der Waals surface area contributed by atoms with Crippen molar-refractivity contribution in [3.63, 3.8) is 0 Å². The molecule has 0 spiro atoms. The van der Waals surface area contributed by atoms with Gasteiger partial charge in [0.15, 0.2) is 0 Å². The molecule has 27 heavy (non-hydrogen) atoms. The summed E-state index contributed by atoms with van der Waals surface area (Å²) in [6.07, 6.45) is 0. The van der Waals surface area contributed by atoms with Gasteiger partial charge in [0.2, 0.25) is 10.0 Å². The van der Waals surface area contributed by atoms with Crippen molar-refractivity contribution < 1.29 is 27.5 Å². The van der Waals surface area contributed by atoms with E-state index in [1.165, 1.54) is 18.2 Å². The zero-order valence-electron chi connectivity index (χ0n) is 15.0. The zero-order chi connectivity index (χ0) is 19.8. The van der Waals surface area contributed by atoms with Gasteiger partial charge in [-0.15, -0.1) is 0 Å². The summed E-state index contributed by atoms with van der Waals surface area (Å²) in [4.78, 5) is 25.3. The number of aromatic carboxylic acids is 1. The van der Waals surface area contributed by atoms with Gasteiger partial charge in [0.05, 0.1) is 0 Å². The van der Waals surface area contributed by atoms with Gasteiger partial charge in [-0.05, 0) is 26.0 Å². The number of carbonyl (C=O) groups is 2. The molecule has 1 saturated heterocycles. The standard InChI is InChI=1S/C18H20N2O6S/c1-12-15(18(22)23)16(13(2)26-12)27(24,25)20-10-8-19(9-11-20)17(21)14-6-4-3-5-7-14/h3-7H,8-11H2,1-2H3,(H,22,23). The second kappa shape index (κ2) is 7.16. The van der Waals surface area contributed by atoms with Gasteiger partial charge < -0.3 is 14.4 Å². The first kappa shape index (κ1) is 19.1. The number of amides is 1. The largest absolute Gasteiger partial charge is 0.478 e. The number of benzene rings is 1. The minimum atomic E-state index is -4.04. The Bertz CT molecular complexity index is 973. The van der Waals surface area contributed by atoms with Crippen molar-refractivity contribution in [1.82, 2.24) is 9.21 Å². The van der Waals surface area contributed by atoms with Crippen LogP contribution in [0.1, 0.15) is 32.2 Å². The lowest BCUT2D eigenvalue weighted by molar-refractivity contribution is 0.0689. The monoisotopic (exact) mass is 392 g/mol. The van der Waals surface area contributed by atoms with E-state index in [0.717, 1.165) is 0 Å². The summed E-state index contributed by atoms with van der Waals surface area (Å²) >= 11 is 0. The lowest BCUT2D eigenvalue weighted by Crippen LogP contribution is -2.50. The summed E-state index contributed by atoms with van der Waals surface area (Å²) in [7, 11) is -4.04. The molecule has 2 heterocycles. The van der Waals surface area contributed by atoms with Crippen molar-refractivity contribution in [3.8, 4) is 0 Å². The van der Waals surface area contributed by atoms with E-state index < -0.39 is 16.0 Å². The van der Waals surface area contributed by atoms with Crippen molar-refractivity contribution >= 4 is 21.9 Å². The second-order valence-corrected chi connectivity index (χ2v) is 8.16. The van der Waals surface area contributed by atoms with E-state index >= 15 is 0 Å². The van der Waals surface area contributed by atoms with Crippen LogP contribution in [0.25, 0.3) is 0 Å². The molecule has 8 nitrogen and oxygen atoms in total. The van der Waals surface area contributed by atoms with Crippen LogP contribution >= 0.6 is 0 Å². The Morgan fingerprint density at radius 1 is 1.00 bits per heavy atom. The van der Waals surface area contributed by atoms with E-state index in [2.05, 4.69) is 0 Å². The minimum Gasteiger partial charge on any atom is -0.478 e. The first-order valence-corrected chi connectivity index (χ1v) is 9.85. The third kappa shape index (κ3) is 3.47. The Labute approximate surface area is 157 Å². The summed E-state index contributed by atoms with van der Waals surface area (Å²) in [6, 6.07) is 8.78. The topological polar surface area (TPSA) is 108 Å². The summed E-state index contributed by atoms with van der Waals surface area (Å²) < 4.78 is 32.4. The second-order valence-electron chi connectivity index (χ2n) is 6.29. The van der Waals surface area contributed by atoms with Crippen LogP contribution in [0.15, 0.2) is 39.6 Å². The van der Waals surface area contributed by atoms with Crippen LogP contribution in [0.4, 0.5) is 0 Å². The van der Waals surface area contributed by atoms with Gasteiger partial charge >= 0.3 is 5.97 Å². The van der Waals surface area contributed by atoms with Gasteiger partial charge in [-0.3, -0.25) is 4.79 Å². The molecule has 1 fully saturated rings. The maximum absolute atomic E-state index is 13.0. The van der Waals surface area contributed by atoms with Crippen LogP contribution in [-0.2, 0) is 10.0 Å². The fourth-order valence-electron chi connectivity index (χ4n) is 3.25. The predicted molar refractivity (Wildman–Crippen MR) is 96.2 cm³/mol. The van der Waals surface area contributed by atoms with Crippen molar-refractivity contribution in [1.29, 1.82) is 0 Å². The first-order valence-electron chi connectivity index (χ1n) is 8.41. The third-order valence-electron chi connectivity index (χ3n) is 4.56. The quantitative estimate of drug-likeness (QED) is 0.849. The third-order valence-corrected chi connectivity index (χ3v) is 6.62. The summed E-state index contributed by atoms with van der Waals surface area (Å²) in [6.45, 7) is 3.48. The maximum Gasteiger partial charge on any atom is 0.340 e. The van der Waals surface area contributed by atoms with Gasteiger partial charge in [0.25, 0.3) is 5.91 Å². The number of furan rings is 1. The molecule has 0 bridgehead atoms.